The molecule has 0 amide bonds. The Labute approximate surface area is 137 Å². The van der Waals surface area contributed by atoms with Crippen molar-refractivity contribution in [3.05, 3.63) is 29.8 Å². The fraction of sp³-hybridized carbons (Fsp3) is 0.529. The van der Waals surface area contributed by atoms with Gasteiger partial charge in [0.25, 0.3) is 10.0 Å². The number of benzene rings is 1. The number of hydrazone groups is 1. The van der Waals surface area contributed by atoms with Gasteiger partial charge in [0.1, 0.15) is 5.71 Å². The summed E-state index contributed by atoms with van der Waals surface area (Å²) < 4.78 is 24.6. The molecular formula is C17H22N2O3S. The second-order valence-electron chi connectivity index (χ2n) is 6.88. The van der Waals surface area contributed by atoms with Crippen LogP contribution in [0.3, 0.4) is 0 Å². The normalized spacial score (nSPS) is 28.8. The zero-order chi connectivity index (χ0) is 16.8. The molecule has 3 unspecified atom stereocenters. The molecule has 2 aliphatic carbocycles. The number of carbonyl (C=O) groups is 1. The van der Waals surface area contributed by atoms with E-state index in [1.54, 1.807) is 12.1 Å². The van der Waals surface area contributed by atoms with Gasteiger partial charge in [-0.05, 0) is 43.7 Å². The zero-order valence-electron chi connectivity index (χ0n) is 13.6. The molecule has 0 spiro atoms. The van der Waals surface area contributed by atoms with Crippen molar-refractivity contribution < 1.29 is 13.2 Å². The first-order chi connectivity index (χ1) is 10.8. The molecule has 1 aromatic rings. The van der Waals surface area contributed by atoms with Crippen LogP contribution < -0.4 is 4.83 Å². The molecule has 0 radical (unpaired) electrons. The molecule has 3 rings (SSSR count). The standard InChI is InChI=1S/C17H22N2O3S/c1-10(2)15-13-8-9-14(15)17(20)16(13)18-19-23(21,22)12-6-4-11(3)5-7-12/h4-7,10,13-15,19H,8-9H2,1-3H3/b18-16+. The lowest BCUT2D eigenvalue weighted by molar-refractivity contribution is -0.116. The maximum Gasteiger partial charge on any atom is 0.276 e. The number of fused-ring (bicyclic) bond motifs is 2. The Morgan fingerprint density at radius 3 is 2.30 bits per heavy atom. The highest BCUT2D eigenvalue weighted by atomic mass is 32.2. The lowest BCUT2D eigenvalue weighted by atomic mass is 9.86. The number of hydrogen-bond acceptors (Lipinski definition) is 4. The highest BCUT2D eigenvalue weighted by Crippen LogP contribution is 2.49. The third-order valence-electron chi connectivity index (χ3n) is 5.05. The van der Waals surface area contributed by atoms with Crippen LogP contribution in [-0.4, -0.2) is 19.9 Å². The largest absolute Gasteiger partial charge is 0.292 e. The summed E-state index contributed by atoms with van der Waals surface area (Å²) in [6.07, 6.45) is 1.82. The summed E-state index contributed by atoms with van der Waals surface area (Å²) in [7, 11) is -3.73. The average Bonchev–Trinajstić information content (AvgIpc) is 3.02. The van der Waals surface area contributed by atoms with Gasteiger partial charge >= 0.3 is 0 Å². The van der Waals surface area contributed by atoms with Gasteiger partial charge in [-0.3, -0.25) is 4.79 Å². The van der Waals surface area contributed by atoms with Crippen LogP contribution in [0.25, 0.3) is 0 Å². The molecule has 0 saturated heterocycles. The minimum atomic E-state index is -3.73. The maximum absolute atomic E-state index is 12.4. The van der Waals surface area contributed by atoms with Crippen LogP contribution in [0.2, 0.25) is 0 Å². The van der Waals surface area contributed by atoms with Gasteiger partial charge in [-0.25, -0.2) is 0 Å². The van der Waals surface area contributed by atoms with E-state index >= 15 is 0 Å². The minimum absolute atomic E-state index is 0.0163. The number of carbonyl (C=O) groups excluding carboxylic acids is 1. The molecule has 23 heavy (non-hydrogen) atoms. The van der Waals surface area contributed by atoms with Gasteiger partial charge < -0.3 is 0 Å². The molecule has 0 aliphatic heterocycles. The van der Waals surface area contributed by atoms with Crippen LogP contribution >= 0.6 is 0 Å². The smallest absolute Gasteiger partial charge is 0.276 e. The van der Waals surface area contributed by atoms with Crippen LogP contribution in [-0.2, 0) is 14.8 Å². The number of nitrogens with one attached hydrogen (secondary N) is 1. The molecule has 124 valence electrons. The van der Waals surface area contributed by atoms with Crippen molar-refractivity contribution in [3.63, 3.8) is 0 Å². The minimum Gasteiger partial charge on any atom is -0.292 e. The SMILES string of the molecule is Cc1ccc(S(=O)(=O)N/N=C2/C(=O)C3CCC2C3C(C)C)cc1. The summed E-state index contributed by atoms with van der Waals surface area (Å²) in [6.45, 7) is 6.12. The van der Waals surface area contributed by atoms with Crippen molar-refractivity contribution in [1.29, 1.82) is 0 Å². The van der Waals surface area contributed by atoms with Crippen LogP contribution in [0.15, 0.2) is 34.3 Å². The molecule has 0 aromatic heterocycles. The first-order valence-electron chi connectivity index (χ1n) is 8.01. The van der Waals surface area contributed by atoms with E-state index < -0.39 is 10.0 Å². The van der Waals surface area contributed by atoms with Gasteiger partial charge in [-0.1, -0.05) is 31.5 Å². The van der Waals surface area contributed by atoms with E-state index in [9.17, 15) is 13.2 Å². The average molecular weight is 334 g/mol. The Hall–Kier alpha value is -1.69. The molecule has 1 N–H and O–H groups in total. The summed E-state index contributed by atoms with van der Waals surface area (Å²) in [5, 5.41) is 4.02. The molecule has 2 aliphatic rings. The molecule has 5 nitrogen and oxygen atoms in total. The number of nitrogens with zero attached hydrogens (tertiary/aromatic N) is 1. The second kappa shape index (κ2) is 5.74. The number of sulfonamides is 1. The van der Waals surface area contributed by atoms with E-state index in [1.165, 1.54) is 12.1 Å². The monoisotopic (exact) mass is 334 g/mol. The van der Waals surface area contributed by atoms with Crippen molar-refractivity contribution in [2.24, 2.45) is 28.8 Å². The van der Waals surface area contributed by atoms with Gasteiger partial charge in [0.2, 0.25) is 0 Å². The Bertz CT molecular complexity index is 751. The van der Waals surface area contributed by atoms with Crippen molar-refractivity contribution >= 4 is 21.5 Å². The number of ketones is 1. The fourth-order valence-corrected chi connectivity index (χ4v) is 4.79. The van der Waals surface area contributed by atoms with Crippen molar-refractivity contribution in [2.45, 2.75) is 38.5 Å². The Morgan fingerprint density at radius 2 is 1.74 bits per heavy atom. The van der Waals surface area contributed by atoms with Gasteiger partial charge in [0.15, 0.2) is 5.78 Å². The van der Waals surface area contributed by atoms with Gasteiger partial charge in [0.05, 0.1) is 4.90 Å². The van der Waals surface area contributed by atoms with Crippen LogP contribution in [0, 0.1) is 30.6 Å². The van der Waals surface area contributed by atoms with E-state index in [-0.39, 0.29) is 22.5 Å². The highest BCUT2D eigenvalue weighted by Gasteiger charge is 2.53. The van der Waals surface area contributed by atoms with Crippen LogP contribution in [0.5, 0.6) is 0 Å². The van der Waals surface area contributed by atoms with E-state index in [4.69, 9.17) is 0 Å². The Morgan fingerprint density at radius 1 is 1.13 bits per heavy atom. The van der Waals surface area contributed by atoms with E-state index in [0.717, 1.165) is 18.4 Å². The van der Waals surface area contributed by atoms with Crippen LogP contribution in [0.1, 0.15) is 32.3 Å². The summed E-state index contributed by atoms with van der Waals surface area (Å²) >= 11 is 0. The van der Waals surface area contributed by atoms with Crippen molar-refractivity contribution in [2.75, 3.05) is 0 Å². The summed E-state index contributed by atoms with van der Waals surface area (Å²) in [4.78, 5) is 14.8. The van der Waals surface area contributed by atoms with Gasteiger partial charge in [-0.2, -0.15) is 18.4 Å². The zero-order valence-corrected chi connectivity index (χ0v) is 14.4. The Kier molecular flexibility index (Phi) is 4.04. The molecule has 2 saturated carbocycles. The van der Waals surface area contributed by atoms with Gasteiger partial charge in [-0.15, -0.1) is 0 Å². The topological polar surface area (TPSA) is 75.6 Å². The van der Waals surface area contributed by atoms with E-state index in [1.807, 2.05) is 6.92 Å². The molecule has 6 heteroatoms. The number of aryl methyl sites for hydroxylation is 1. The molecule has 1 aromatic carbocycles. The van der Waals surface area contributed by atoms with Crippen molar-refractivity contribution in [3.8, 4) is 0 Å². The lowest BCUT2D eigenvalue weighted by Crippen LogP contribution is -2.27. The molecule has 2 fully saturated rings. The summed E-state index contributed by atoms with van der Waals surface area (Å²) in [6, 6.07) is 6.55. The molecule has 2 bridgehead atoms. The maximum atomic E-state index is 12.4. The van der Waals surface area contributed by atoms with E-state index in [0.29, 0.717) is 17.5 Å². The first kappa shape index (κ1) is 16.2. The second-order valence-corrected chi connectivity index (χ2v) is 8.54. The summed E-state index contributed by atoms with van der Waals surface area (Å²) in [5.74, 6) is 0.824. The summed E-state index contributed by atoms with van der Waals surface area (Å²) in [5.41, 5.74) is 1.40. The Balaban J connectivity index is 1.83. The predicted octanol–water partition coefficient (Wildman–Crippen LogP) is 2.51. The number of Topliss-reactive ketones (excluding diaryl/α,β-unsaturated/α-hetero) is 1. The predicted molar refractivity (Wildman–Crippen MR) is 88.5 cm³/mol. The quantitative estimate of drug-likeness (QED) is 0.860. The molecular weight excluding hydrogens is 312 g/mol. The number of hydrogen-bond donors (Lipinski definition) is 1. The fourth-order valence-electron chi connectivity index (χ4n) is 3.97. The van der Waals surface area contributed by atoms with Gasteiger partial charge in [0, 0.05) is 11.8 Å². The van der Waals surface area contributed by atoms with E-state index in [2.05, 4.69) is 23.8 Å². The van der Waals surface area contributed by atoms with Crippen molar-refractivity contribution in [1.82, 2.24) is 4.83 Å². The molecule has 3 atom stereocenters. The highest BCUT2D eigenvalue weighted by molar-refractivity contribution is 7.89. The third-order valence-corrected chi connectivity index (χ3v) is 6.27. The van der Waals surface area contributed by atoms with Crippen LogP contribution in [0.4, 0.5) is 0 Å². The third kappa shape index (κ3) is 2.80. The molecule has 0 heterocycles. The number of rotatable bonds is 4. The lowest BCUT2D eigenvalue weighted by Gasteiger charge is -2.17. The first-order valence-corrected chi connectivity index (χ1v) is 9.50.